The SMILES string of the molecule is CC(C)CN(C(=O)c1nc2ccccc2n1CCCCO)[C@H]1CC(CN2CCCC2=O)CN(C(=O)OC(C)(C)C)C1. The van der Waals surface area contributed by atoms with Crippen molar-refractivity contribution >= 4 is 28.9 Å². The first-order chi connectivity index (χ1) is 19.5. The largest absolute Gasteiger partial charge is 0.444 e. The van der Waals surface area contributed by atoms with Gasteiger partial charge in [0, 0.05) is 52.3 Å². The topological polar surface area (TPSA) is 108 Å². The predicted molar refractivity (Wildman–Crippen MR) is 157 cm³/mol. The summed E-state index contributed by atoms with van der Waals surface area (Å²) < 4.78 is 7.72. The van der Waals surface area contributed by atoms with E-state index in [1.54, 1.807) is 4.90 Å². The average Bonchev–Trinajstić information content (AvgIpc) is 3.48. The number of fused-ring (bicyclic) bond motifs is 1. The van der Waals surface area contributed by atoms with E-state index in [4.69, 9.17) is 9.72 Å². The number of para-hydroxylation sites is 2. The van der Waals surface area contributed by atoms with E-state index in [2.05, 4.69) is 13.8 Å². The summed E-state index contributed by atoms with van der Waals surface area (Å²) in [4.78, 5) is 50.5. The monoisotopic (exact) mass is 569 g/mol. The molecule has 41 heavy (non-hydrogen) atoms. The molecule has 226 valence electrons. The third kappa shape index (κ3) is 7.78. The number of carbonyl (C=O) groups excluding carboxylic acids is 3. The maximum atomic E-state index is 14.4. The van der Waals surface area contributed by atoms with Gasteiger partial charge in [-0.15, -0.1) is 0 Å². The summed E-state index contributed by atoms with van der Waals surface area (Å²) in [6.07, 6.45) is 3.08. The van der Waals surface area contributed by atoms with Gasteiger partial charge in [-0.1, -0.05) is 26.0 Å². The van der Waals surface area contributed by atoms with Crippen LogP contribution in [-0.2, 0) is 16.1 Å². The van der Waals surface area contributed by atoms with Crippen LogP contribution in [0.3, 0.4) is 0 Å². The molecule has 1 N–H and O–H groups in total. The van der Waals surface area contributed by atoms with Crippen molar-refractivity contribution in [2.24, 2.45) is 11.8 Å². The lowest BCUT2D eigenvalue weighted by Crippen LogP contribution is -2.57. The van der Waals surface area contributed by atoms with Crippen molar-refractivity contribution in [1.29, 1.82) is 0 Å². The second-order valence-corrected chi connectivity index (χ2v) is 12.9. The summed E-state index contributed by atoms with van der Waals surface area (Å²) in [6, 6.07) is 7.49. The highest BCUT2D eigenvalue weighted by molar-refractivity contribution is 5.95. The molecule has 2 aliphatic rings. The van der Waals surface area contributed by atoms with Crippen LogP contribution in [0.1, 0.15) is 77.3 Å². The summed E-state index contributed by atoms with van der Waals surface area (Å²) in [7, 11) is 0. The van der Waals surface area contributed by atoms with Crippen molar-refractivity contribution in [3.8, 4) is 0 Å². The van der Waals surface area contributed by atoms with Gasteiger partial charge in [0.2, 0.25) is 5.91 Å². The number of carbonyl (C=O) groups is 3. The number of unbranched alkanes of at least 4 members (excludes halogenated alkanes) is 1. The highest BCUT2D eigenvalue weighted by atomic mass is 16.6. The number of hydrogen-bond donors (Lipinski definition) is 1. The van der Waals surface area contributed by atoms with Gasteiger partial charge in [0.05, 0.1) is 17.1 Å². The number of amides is 3. The summed E-state index contributed by atoms with van der Waals surface area (Å²) in [5.41, 5.74) is 1.01. The van der Waals surface area contributed by atoms with Crippen molar-refractivity contribution in [2.75, 3.05) is 39.3 Å². The molecule has 1 aromatic carbocycles. The molecule has 1 aromatic heterocycles. The Hall–Kier alpha value is -3.14. The fourth-order valence-corrected chi connectivity index (χ4v) is 5.98. The molecule has 1 unspecified atom stereocenters. The van der Waals surface area contributed by atoms with E-state index >= 15 is 0 Å². The third-order valence-electron chi connectivity index (χ3n) is 7.72. The number of hydrogen-bond acceptors (Lipinski definition) is 6. The van der Waals surface area contributed by atoms with Crippen LogP contribution < -0.4 is 0 Å². The molecule has 0 saturated carbocycles. The van der Waals surface area contributed by atoms with E-state index in [-0.39, 0.29) is 36.3 Å². The van der Waals surface area contributed by atoms with Crippen molar-refractivity contribution in [1.82, 2.24) is 24.3 Å². The second-order valence-electron chi connectivity index (χ2n) is 12.9. The van der Waals surface area contributed by atoms with Gasteiger partial charge in [-0.3, -0.25) is 9.59 Å². The summed E-state index contributed by atoms with van der Waals surface area (Å²) in [5, 5.41) is 9.36. The van der Waals surface area contributed by atoms with Gasteiger partial charge in [0.15, 0.2) is 5.82 Å². The highest BCUT2D eigenvalue weighted by Crippen LogP contribution is 2.28. The minimum absolute atomic E-state index is 0.0224. The maximum absolute atomic E-state index is 14.4. The molecule has 2 saturated heterocycles. The lowest BCUT2D eigenvalue weighted by atomic mass is 9.92. The van der Waals surface area contributed by atoms with Crippen LogP contribution >= 0.6 is 0 Å². The number of likely N-dealkylation sites (tertiary alicyclic amines) is 2. The molecule has 0 radical (unpaired) electrons. The molecular weight excluding hydrogens is 522 g/mol. The van der Waals surface area contributed by atoms with Crippen molar-refractivity contribution in [3.63, 3.8) is 0 Å². The van der Waals surface area contributed by atoms with Crippen molar-refractivity contribution in [3.05, 3.63) is 30.1 Å². The Morgan fingerprint density at radius 3 is 2.59 bits per heavy atom. The molecule has 3 heterocycles. The van der Waals surface area contributed by atoms with Crippen molar-refractivity contribution in [2.45, 2.75) is 84.9 Å². The molecule has 10 nitrogen and oxygen atoms in total. The van der Waals surface area contributed by atoms with Gasteiger partial charge >= 0.3 is 6.09 Å². The number of benzene rings is 1. The lowest BCUT2D eigenvalue weighted by Gasteiger charge is -2.44. The Morgan fingerprint density at radius 1 is 1.17 bits per heavy atom. The third-order valence-corrected chi connectivity index (χ3v) is 7.72. The number of nitrogens with zero attached hydrogens (tertiary/aromatic N) is 5. The zero-order valence-electron chi connectivity index (χ0n) is 25.3. The molecule has 2 atom stereocenters. The van der Waals surface area contributed by atoms with Gasteiger partial charge in [-0.25, -0.2) is 9.78 Å². The van der Waals surface area contributed by atoms with E-state index in [0.29, 0.717) is 57.8 Å². The van der Waals surface area contributed by atoms with Gasteiger partial charge in [-0.05, 0) is 70.4 Å². The fraction of sp³-hybridized carbons (Fsp3) is 0.677. The standard InChI is InChI=1S/C31H47N5O5/c1-22(2)18-36(29(39)28-32-25-11-6-7-12-26(25)35(28)15-8-9-16-37)24-17-23(19-33-14-10-13-27(33)38)20-34(21-24)30(40)41-31(3,4)5/h6-7,11-12,22-24,37H,8-10,13-21H2,1-5H3/t23?,24-/m0/s1. The molecular formula is C31H47N5O5. The number of aryl methyl sites for hydroxylation is 1. The number of rotatable bonds is 10. The zero-order chi connectivity index (χ0) is 29.7. The van der Waals surface area contributed by atoms with Crippen LogP contribution in [0.5, 0.6) is 0 Å². The molecule has 0 spiro atoms. The Balaban J connectivity index is 1.67. The van der Waals surface area contributed by atoms with E-state index in [0.717, 1.165) is 30.4 Å². The predicted octanol–water partition coefficient (Wildman–Crippen LogP) is 4.16. The van der Waals surface area contributed by atoms with Gasteiger partial charge in [0.25, 0.3) is 5.91 Å². The average molecular weight is 570 g/mol. The highest BCUT2D eigenvalue weighted by Gasteiger charge is 2.39. The van der Waals surface area contributed by atoms with Crippen LogP contribution in [-0.4, -0.2) is 98.2 Å². The Labute approximate surface area is 243 Å². The summed E-state index contributed by atoms with van der Waals surface area (Å²) in [5.74, 6) is 0.592. The maximum Gasteiger partial charge on any atom is 0.410 e. The molecule has 3 amide bonds. The first kappa shape index (κ1) is 30.8. The van der Waals surface area contributed by atoms with Crippen LogP contribution in [0.2, 0.25) is 0 Å². The Kier molecular flexibility index (Phi) is 9.94. The number of aromatic nitrogens is 2. The smallest absolute Gasteiger partial charge is 0.410 e. The molecule has 4 rings (SSSR count). The molecule has 10 heteroatoms. The van der Waals surface area contributed by atoms with E-state index in [1.807, 2.05) is 59.4 Å². The molecule has 0 aliphatic carbocycles. The quantitative estimate of drug-likeness (QED) is 0.431. The fourth-order valence-electron chi connectivity index (χ4n) is 5.98. The zero-order valence-corrected chi connectivity index (χ0v) is 25.3. The number of piperidine rings is 1. The van der Waals surface area contributed by atoms with E-state index in [9.17, 15) is 19.5 Å². The van der Waals surface area contributed by atoms with Crippen molar-refractivity contribution < 1.29 is 24.2 Å². The van der Waals surface area contributed by atoms with Crippen LogP contribution in [0.15, 0.2) is 24.3 Å². The Bertz CT molecular complexity index is 1220. The van der Waals surface area contributed by atoms with Gasteiger partial charge in [0.1, 0.15) is 5.60 Å². The first-order valence-electron chi connectivity index (χ1n) is 15.1. The van der Waals surface area contributed by atoms with Gasteiger partial charge < -0.3 is 29.1 Å². The van der Waals surface area contributed by atoms with E-state index in [1.165, 1.54) is 0 Å². The lowest BCUT2D eigenvalue weighted by molar-refractivity contribution is -0.128. The summed E-state index contributed by atoms with van der Waals surface area (Å²) in [6.45, 7) is 13.1. The van der Waals surface area contributed by atoms with Crippen LogP contribution in [0.4, 0.5) is 4.79 Å². The molecule has 2 aromatic rings. The Morgan fingerprint density at radius 2 is 1.93 bits per heavy atom. The molecule has 2 aliphatic heterocycles. The van der Waals surface area contributed by atoms with Crippen LogP contribution in [0, 0.1) is 11.8 Å². The van der Waals surface area contributed by atoms with Gasteiger partial charge in [-0.2, -0.15) is 0 Å². The number of imidazole rings is 1. The minimum atomic E-state index is -0.642. The first-order valence-corrected chi connectivity index (χ1v) is 15.1. The number of ether oxygens (including phenoxy) is 1. The number of aliphatic hydroxyl groups is 1. The minimum Gasteiger partial charge on any atom is -0.444 e. The number of aliphatic hydroxyl groups excluding tert-OH is 1. The molecule has 0 bridgehead atoms. The summed E-state index contributed by atoms with van der Waals surface area (Å²) >= 11 is 0. The molecule has 2 fully saturated rings. The van der Waals surface area contributed by atoms with E-state index < -0.39 is 11.7 Å². The second kappa shape index (κ2) is 13.2. The van der Waals surface area contributed by atoms with Crippen LogP contribution in [0.25, 0.3) is 11.0 Å². The normalized spacial score (nSPS) is 19.8.